The molecule has 0 aliphatic heterocycles. The number of hydrogen-bond acceptors (Lipinski definition) is 5. The SMILES string of the molecule is CCCCCC(OC(=O)CCCC(=O)Cl)C(Cl)C=CCCCCCCCC(=O)OC. The van der Waals surface area contributed by atoms with Crippen molar-refractivity contribution in [3.8, 4) is 0 Å². The molecule has 0 aliphatic carbocycles. The fourth-order valence-corrected chi connectivity index (χ4v) is 3.41. The third-order valence-corrected chi connectivity index (χ3v) is 5.40. The van der Waals surface area contributed by atoms with Gasteiger partial charge in [-0.05, 0) is 50.1 Å². The minimum Gasteiger partial charge on any atom is -0.469 e. The number of ether oxygens (including phenoxy) is 2. The van der Waals surface area contributed by atoms with Crippen molar-refractivity contribution in [1.82, 2.24) is 0 Å². The van der Waals surface area contributed by atoms with Gasteiger partial charge in [-0.1, -0.05) is 51.2 Å². The van der Waals surface area contributed by atoms with Gasteiger partial charge in [-0.2, -0.15) is 0 Å². The number of alkyl halides is 1. The molecule has 0 saturated carbocycles. The fourth-order valence-electron chi connectivity index (χ4n) is 2.99. The van der Waals surface area contributed by atoms with Crippen LogP contribution >= 0.6 is 23.2 Å². The molecule has 5 nitrogen and oxygen atoms in total. The number of rotatable bonds is 19. The van der Waals surface area contributed by atoms with Gasteiger partial charge >= 0.3 is 11.9 Å². The summed E-state index contributed by atoms with van der Waals surface area (Å²) in [4.78, 5) is 33.9. The molecule has 0 saturated heterocycles. The number of hydrogen-bond donors (Lipinski definition) is 0. The van der Waals surface area contributed by atoms with E-state index in [2.05, 4.69) is 17.7 Å². The minimum absolute atomic E-state index is 0.146. The van der Waals surface area contributed by atoms with Crippen molar-refractivity contribution in [2.45, 2.75) is 108 Å². The number of esters is 2. The summed E-state index contributed by atoms with van der Waals surface area (Å²) in [5, 5.41) is -0.801. The zero-order valence-electron chi connectivity index (χ0n) is 18.5. The highest BCUT2D eigenvalue weighted by Crippen LogP contribution is 2.19. The molecule has 2 unspecified atom stereocenters. The molecular formula is C23H38Cl2O5. The van der Waals surface area contributed by atoms with E-state index in [-0.39, 0.29) is 36.3 Å². The van der Waals surface area contributed by atoms with E-state index in [4.69, 9.17) is 27.9 Å². The van der Waals surface area contributed by atoms with Crippen molar-refractivity contribution in [1.29, 1.82) is 0 Å². The first kappa shape index (κ1) is 28.9. The van der Waals surface area contributed by atoms with Crippen LogP contribution in [0.15, 0.2) is 12.2 Å². The molecule has 0 aromatic carbocycles. The van der Waals surface area contributed by atoms with Gasteiger partial charge in [0.2, 0.25) is 5.24 Å². The van der Waals surface area contributed by atoms with Gasteiger partial charge in [0.05, 0.1) is 12.5 Å². The van der Waals surface area contributed by atoms with Crippen LogP contribution in [0.3, 0.4) is 0 Å². The number of methoxy groups -OCH3 is 1. The Morgan fingerprint density at radius 1 is 0.867 bits per heavy atom. The van der Waals surface area contributed by atoms with Crippen molar-refractivity contribution in [3.05, 3.63) is 12.2 Å². The number of carbonyl (C=O) groups excluding carboxylic acids is 3. The molecule has 0 amide bonds. The standard InChI is InChI=1S/C23H38Cl2O5/c1-3-4-10-15-20(30-23(28)18-13-16-21(25)26)19(24)14-11-8-6-5-7-9-12-17-22(27)29-2/h11,14,19-20H,3-10,12-13,15-18H2,1-2H3. The summed E-state index contributed by atoms with van der Waals surface area (Å²) in [6, 6.07) is 0. The average Bonchev–Trinajstić information content (AvgIpc) is 2.71. The third-order valence-electron chi connectivity index (χ3n) is 4.78. The van der Waals surface area contributed by atoms with Crippen LogP contribution in [0.4, 0.5) is 0 Å². The molecule has 0 aromatic rings. The van der Waals surface area contributed by atoms with E-state index >= 15 is 0 Å². The molecule has 2 atom stereocenters. The highest BCUT2D eigenvalue weighted by Gasteiger charge is 2.21. The molecule has 0 fully saturated rings. The van der Waals surface area contributed by atoms with Gasteiger partial charge < -0.3 is 9.47 Å². The Labute approximate surface area is 191 Å². The summed E-state index contributed by atoms with van der Waals surface area (Å²) < 4.78 is 10.2. The van der Waals surface area contributed by atoms with Crippen LogP contribution in [-0.2, 0) is 23.9 Å². The molecule has 0 radical (unpaired) electrons. The maximum absolute atomic E-state index is 12.0. The molecule has 0 bridgehead atoms. The van der Waals surface area contributed by atoms with E-state index in [1.807, 2.05) is 6.08 Å². The van der Waals surface area contributed by atoms with Crippen molar-refractivity contribution >= 4 is 40.4 Å². The highest BCUT2D eigenvalue weighted by atomic mass is 35.5. The third kappa shape index (κ3) is 17.8. The van der Waals surface area contributed by atoms with E-state index < -0.39 is 5.24 Å². The highest BCUT2D eigenvalue weighted by molar-refractivity contribution is 6.63. The summed E-state index contributed by atoms with van der Waals surface area (Å²) in [5.41, 5.74) is 0. The van der Waals surface area contributed by atoms with Crippen LogP contribution in [0.1, 0.15) is 96.8 Å². The molecule has 0 rings (SSSR count). The monoisotopic (exact) mass is 464 g/mol. The molecule has 0 N–H and O–H groups in total. The molecule has 0 heterocycles. The van der Waals surface area contributed by atoms with Gasteiger partial charge in [-0.3, -0.25) is 14.4 Å². The predicted molar refractivity (Wildman–Crippen MR) is 122 cm³/mol. The summed E-state index contributed by atoms with van der Waals surface area (Å²) in [6.07, 6.45) is 14.8. The normalized spacial score (nSPS) is 13.2. The molecule has 30 heavy (non-hydrogen) atoms. The molecule has 0 spiro atoms. The molecular weight excluding hydrogens is 427 g/mol. The Morgan fingerprint density at radius 2 is 1.53 bits per heavy atom. The van der Waals surface area contributed by atoms with Crippen molar-refractivity contribution in [3.63, 3.8) is 0 Å². The van der Waals surface area contributed by atoms with Crippen molar-refractivity contribution in [2.75, 3.05) is 7.11 Å². The Kier molecular flexibility index (Phi) is 19.2. The Bertz CT molecular complexity index is 508. The first-order valence-corrected chi connectivity index (χ1v) is 12.0. The van der Waals surface area contributed by atoms with Gasteiger partial charge in [0.25, 0.3) is 0 Å². The lowest BCUT2D eigenvalue weighted by molar-refractivity contribution is -0.149. The minimum atomic E-state index is -0.441. The van der Waals surface area contributed by atoms with E-state index in [0.29, 0.717) is 12.8 Å². The van der Waals surface area contributed by atoms with Crippen LogP contribution in [-0.4, -0.2) is 35.8 Å². The molecule has 7 heteroatoms. The number of carbonyl (C=O) groups is 3. The number of unbranched alkanes of at least 4 members (excludes halogenated alkanes) is 7. The predicted octanol–water partition coefficient (Wildman–Crippen LogP) is 6.48. The lowest BCUT2D eigenvalue weighted by Crippen LogP contribution is -2.26. The van der Waals surface area contributed by atoms with E-state index in [0.717, 1.165) is 64.2 Å². The van der Waals surface area contributed by atoms with Gasteiger partial charge in [0.15, 0.2) is 0 Å². The zero-order valence-corrected chi connectivity index (χ0v) is 20.0. The lowest BCUT2D eigenvalue weighted by atomic mass is 10.1. The first-order chi connectivity index (χ1) is 14.4. The second kappa shape index (κ2) is 19.9. The van der Waals surface area contributed by atoms with E-state index in [1.54, 1.807) is 0 Å². The first-order valence-electron chi connectivity index (χ1n) is 11.2. The lowest BCUT2D eigenvalue weighted by Gasteiger charge is -2.21. The molecule has 0 aliphatic rings. The van der Waals surface area contributed by atoms with E-state index in [1.165, 1.54) is 7.11 Å². The molecule has 174 valence electrons. The maximum Gasteiger partial charge on any atom is 0.306 e. The van der Waals surface area contributed by atoms with Crippen molar-refractivity contribution in [2.24, 2.45) is 0 Å². The molecule has 0 aromatic heterocycles. The van der Waals surface area contributed by atoms with Gasteiger partial charge in [-0.25, -0.2) is 0 Å². The Morgan fingerprint density at radius 3 is 2.20 bits per heavy atom. The Balaban J connectivity index is 4.19. The number of allylic oxidation sites excluding steroid dienone is 1. The van der Waals surface area contributed by atoms with Crippen LogP contribution in [0.5, 0.6) is 0 Å². The second-order valence-electron chi connectivity index (χ2n) is 7.49. The Hall–Kier alpha value is -1.07. The summed E-state index contributed by atoms with van der Waals surface area (Å²) in [7, 11) is 1.41. The summed E-state index contributed by atoms with van der Waals surface area (Å²) >= 11 is 11.8. The van der Waals surface area contributed by atoms with Crippen LogP contribution in [0.2, 0.25) is 0 Å². The smallest absolute Gasteiger partial charge is 0.306 e. The topological polar surface area (TPSA) is 69.7 Å². The average molecular weight is 465 g/mol. The van der Waals surface area contributed by atoms with Crippen LogP contribution in [0.25, 0.3) is 0 Å². The van der Waals surface area contributed by atoms with Gasteiger partial charge in [0.1, 0.15) is 6.10 Å². The largest absolute Gasteiger partial charge is 0.469 e. The van der Waals surface area contributed by atoms with Gasteiger partial charge in [-0.15, -0.1) is 11.6 Å². The van der Waals surface area contributed by atoms with Crippen LogP contribution in [0, 0.1) is 0 Å². The summed E-state index contributed by atoms with van der Waals surface area (Å²) in [5.74, 6) is -0.478. The zero-order chi connectivity index (χ0) is 22.6. The second-order valence-corrected chi connectivity index (χ2v) is 8.41. The van der Waals surface area contributed by atoms with Crippen LogP contribution < -0.4 is 0 Å². The van der Waals surface area contributed by atoms with Gasteiger partial charge in [0, 0.05) is 19.3 Å². The number of halogens is 2. The summed E-state index contributed by atoms with van der Waals surface area (Å²) in [6.45, 7) is 2.12. The fraction of sp³-hybridized carbons (Fsp3) is 0.783. The maximum atomic E-state index is 12.0. The van der Waals surface area contributed by atoms with E-state index in [9.17, 15) is 14.4 Å². The quantitative estimate of drug-likeness (QED) is 0.0718. The van der Waals surface area contributed by atoms with Crippen molar-refractivity contribution < 1.29 is 23.9 Å².